The van der Waals surface area contributed by atoms with Crippen molar-refractivity contribution in [3.05, 3.63) is 23.8 Å². The van der Waals surface area contributed by atoms with Crippen LogP contribution in [-0.4, -0.2) is 29.0 Å². The Balaban J connectivity index is 1.87. The van der Waals surface area contributed by atoms with Gasteiger partial charge >= 0.3 is 0 Å². The number of amides is 1. The van der Waals surface area contributed by atoms with E-state index in [1.54, 1.807) is 12.1 Å². The van der Waals surface area contributed by atoms with Crippen LogP contribution in [0, 0.1) is 5.92 Å². The van der Waals surface area contributed by atoms with Crippen LogP contribution in [0.1, 0.15) is 31.7 Å². The van der Waals surface area contributed by atoms with Crippen LogP contribution in [0.25, 0.3) is 0 Å². The molecule has 1 fully saturated rings. The molecule has 0 radical (unpaired) electrons. The molecular formula is C15H22N2O2. The number of aromatic hydroxyl groups is 1. The minimum atomic E-state index is 0.0972. The number of nitrogen functional groups attached to an aromatic ring is 1. The fraction of sp³-hybridized carbons (Fsp3) is 0.533. The quantitative estimate of drug-likeness (QED) is 0.648. The number of piperidine rings is 1. The number of rotatable bonds is 3. The second-order valence-corrected chi connectivity index (χ2v) is 5.48. The van der Waals surface area contributed by atoms with E-state index in [0.29, 0.717) is 24.4 Å². The summed E-state index contributed by atoms with van der Waals surface area (Å²) in [5.74, 6) is 0.931. The summed E-state index contributed by atoms with van der Waals surface area (Å²) < 4.78 is 0. The number of anilines is 1. The summed E-state index contributed by atoms with van der Waals surface area (Å²) >= 11 is 0. The Bertz CT molecular complexity index is 459. The molecule has 0 aromatic heterocycles. The standard InChI is InChI=1S/C15H22N2O2/c1-11-3-2-8-17(10-11)15(19)7-5-12-4-6-14(18)13(16)9-12/h4,6,9,11,18H,2-3,5,7-8,10,16H2,1H3. The molecule has 0 saturated carbocycles. The van der Waals surface area contributed by atoms with Crippen molar-refractivity contribution in [3.63, 3.8) is 0 Å². The molecule has 1 amide bonds. The van der Waals surface area contributed by atoms with Crippen LogP contribution in [0.2, 0.25) is 0 Å². The Kier molecular flexibility index (Phi) is 4.30. The number of likely N-dealkylation sites (tertiary alicyclic amines) is 1. The van der Waals surface area contributed by atoms with Gasteiger partial charge in [-0.3, -0.25) is 4.79 Å². The number of carbonyl (C=O) groups excluding carboxylic acids is 1. The summed E-state index contributed by atoms with van der Waals surface area (Å²) in [4.78, 5) is 14.1. The van der Waals surface area contributed by atoms with E-state index in [2.05, 4.69) is 6.92 Å². The molecule has 2 rings (SSSR count). The Morgan fingerprint density at radius 1 is 1.53 bits per heavy atom. The molecule has 1 unspecified atom stereocenters. The second kappa shape index (κ2) is 5.95. The van der Waals surface area contributed by atoms with Crippen molar-refractivity contribution in [2.45, 2.75) is 32.6 Å². The van der Waals surface area contributed by atoms with E-state index in [-0.39, 0.29) is 11.7 Å². The number of carbonyl (C=O) groups is 1. The van der Waals surface area contributed by atoms with Crippen molar-refractivity contribution in [3.8, 4) is 5.75 Å². The number of hydrogen-bond acceptors (Lipinski definition) is 3. The van der Waals surface area contributed by atoms with E-state index in [1.807, 2.05) is 11.0 Å². The maximum absolute atomic E-state index is 12.1. The smallest absolute Gasteiger partial charge is 0.222 e. The van der Waals surface area contributed by atoms with Crippen molar-refractivity contribution in [2.24, 2.45) is 5.92 Å². The maximum atomic E-state index is 12.1. The largest absolute Gasteiger partial charge is 0.506 e. The van der Waals surface area contributed by atoms with Gasteiger partial charge in [0.1, 0.15) is 5.75 Å². The lowest BCUT2D eigenvalue weighted by atomic mass is 9.99. The summed E-state index contributed by atoms with van der Waals surface area (Å²) in [5.41, 5.74) is 7.01. The number of nitrogens with two attached hydrogens (primary N) is 1. The zero-order valence-electron chi connectivity index (χ0n) is 11.4. The topological polar surface area (TPSA) is 66.6 Å². The number of nitrogens with zero attached hydrogens (tertiary/aromatic N) is 1. The molecule has 1 aliphatic rings. The number of aryl methyl sites for hydroxylation is 1. The Morgan fingerprint density at radius 2 is 2.32 bits per heavy atom. The minimum Gasteiger partial charge on any atom is -0.506 e. The van der Waals surface area contributed by atoms with Gasteiger partial charge in [-0.05, 0) is 42.9 Å². The second-order valence-electron chi connectivity index (χ2n) is 5.48. The molecule has 1 aliphatic heterocycles. The van der Waals surface area contributed by atoms with Gasteiger partial charge in [-0.1, -0.05) is 13.0 Å². The van der Waals surface area contributed by atoms with Crippen molar-refractivity contribution >= 4 is 11.6 Å². The minimum absolute atomic E-state index is 0.0972. The van der Waals surface area contributed by atoms with Gasteiger partial charge in [0, 0.05) is 19.5 Å². The number of phenols is 1. The first-order valence-electron chi connectivity index (χ1n) is 6.91. The van der Waals surface area contributed by atoms with Gasteiger partial charge in [0.05, 0.1) is 5.69 Å². The molecule has 0 bridgehead atoms. The third-order valence-corrected chi connectivity index (χ3v) is 3.73. The van der Waals surface area contributed by atoms with Crippen LogP contribution in [0.4, 0.5) is 5.69 Å². The van der Waals surface area contributed by atoms with E-state index in [4.69, 9.17) is 5.73 Å². The fourth-order valence-electron chi connectivity index (χ4n) is 2.58. The molecule has 3 N–H and O–H groups in total. The van der Waals surface area contributed by atoms with E-state index < -0.39 is 0 Å². The average molecular weight is 262 g/mol. The van der Waals surface area contributed by atoms with Crippen molar-refractivity contribution in [1.82, 2.24) is 4.90 Å². The van der Waals surface area contributed by atoms with Gasteiger partial charge in [0.15, 0.2) is 0 Å². The first kappa shape index (κ1) is 13.7. The Morgan fingerprint density at radius 3 is 3.00 bits per heavy atom. The third-order valence-electron chi connectivity index (χ3n) is 3.73. The van der Waals surface area contributed by atoms with Crippen LogP contribution in [0.15, 0.2) is 18.2 Å². The van der Waals surface area contributed by atoms with Crippen molar-refractivity contribution in [1.29, 1.82) is 0 Å². The molecule has 19 heavy (non-hydrogen) atoms. The van der Waals surface area contributed by atoms with Crippen LogP contribution in [0.5, 0.6) is 5.75 Å². The molecule has 0 aliphatic carbocycles. The van der Waals surface area contributed by atoms with E-state index >= 15 is 0 Å². The zero-order valence-corrected chi connectivity index (χ0v) is 11.4. The summed E-state index contributed by atoms with van der Waals surface area (Å²) in [6, 6.07) is 5.14. The summed E-state index contributed by atoms with van der Waals surface area (Å²) in [6.07, 6.45) is 3.52. The molecule has 0 spiro atoms. The van der Waals surface area contributed by atoms with Gasteiger partial charge < -0.3 is 15.7 Å². The molecule has 1 aromatic carbocycles. The third kappa shape index (κ3) is 3.63. The van der Waals surface area contributed by atoms with Gasteiger partial charge in [-0.25, -0.2) is 0 Å². The fourth-order valence-corrected chi connectivity index (χ4v) is 2.58. The predicted molar refractivity (Wildman–Crippen MR) is 75.8 cm³/mol. The monoisotopic (exact) mass is 262 g/mol. The zero-order chi connectivity index (χ0) is 13.8. The number of hydrogen-bond donors (Lipinski definition) is 2. The lowest BCUT2D eigenvalue weighted by Crippen LogP contribution is -2.39. The predicted octanol–water partition coefficient (Wildman–Crippen LogP) is 2.17. The first-order valence-corrected chi connectivity index (χ1v) is 6.91. The number of phenolic OH excluding ortho intramolecular Hbond substituents is 1. The van der Waals surface area contributed by atoms with Gasteiger partial charge in [-0.2, -0.15) is 0 Å². The van der Waals surface area contributed by atoms with Gasteiger partial charge in [0.2, 0.25) is 5.91 Å². The van der Waals surface area contributed by atoms with Crippen molar-refractivity contribution < 1.29 is 9.90 Å². The van der Waals surface area contributed by atoms with Crippen molar-refractivity contribution in [2.75, 3.05) is 18.8 Å². The molecule has 4 nitrogen and oxygen atoms in total. The Labute approximate surface area is 114 Å². The molecule has 1 atom stereocenters. The van der Waals surface area contributed by atoms with Crippen LogP contribution < -0.4 is 5.73 Å². The molecule has 1 aromatic rings. The maximum Gasteiger partial charge on any atom is 0.222 e. The summed E-state index contributed by atoms with van der Waals surface area (Å²) in [7, 11) is 0. The van der Waals surface area contributed by atoms with Crippen LogP contribution in [-0.2, 0) is 11.2 Å². The molecule has 104 valence electrons. The molecule has 4 heteroatoms. The Hall–Kier alpha value is -1.71. The normalized spacial score (nSPS) is 19.4. The lowest BCUT2D eigenvalue weighted by molar-refractivity contribution is -0.132. The molecular weight excluding hydrogens is 240 g/mol. The van der Waals surface area contributed by atoms with E-state index in [1.165, 1.54) is 6.42 Å². The first-order chi connectivity index (χ1) is 9.06. The highest BCUT2D eigenvalue weighted by molar-refractivity contribution is 5.76. The number of benzene rings is 1. The van der Waals surface area contributed by atoms with E-state index in [0.717, 1.165) is 25.1 Å². The highest BCUT2D eigenvalue weighted by atomic mass is 16.3. The lowest BCUT2D eigenvalue weighted by Gasteiger charge is -2.31. The van der Waals surface area contributed by atoms with E-state index in [9.17, 15) is 9.90 Å². The average Bonchev–Trinajstić information content (AvgIpc) is 2.40. The highest BCUT2D eigenvalue weighted by Gasteiger charge is 2.20. The summed E-state index contributed by atoms with van der Waals surface area (Å²) in [5, 5.41) is 9.35. The van der Waals surface area contributed by atoms with Gasteiger partial charge in [0.25, 0.3) is 0 Å². The SMILES string of the molecule is CC1CCCN(C(=O)CCc2ccc(O)c(N)c2)C1. The van der Waals surface area contributed by atoms with Gasteiger partial charge in [-0.15, -0.1) is 0 Å². The van der Waals surface area contributed by atoms with Crippen LogP contribution in [0.3, 0.4) is 0 Å². The summed E-state index contributed by atoms with van der Waals surface area (Å²) in [6.45, 7) is 3.97. The highest BCUT2D eigenvalue weighted by Crippen LogP contribution is 2.22. The molecule has 1 heterocycles. The molecule has 1 saturated heterocycles. The van der Waals surface area contributed by atoms with Crippen LogP contribution >= 0.6 is 0 Å².